The number of carbonyl (C=O) groups is 1. The minimum Gasteiger partial charge on any atom is -0.463 e. The summed E-state index contributed by atoms with van der Waals surface area (Å²) in [5, 5.41) is 29.6. The molecule has 0 saturated carbocycles. The van der Waals surface area contributed by atoms with Gasteiger partial charge in [0.2, 0.25) is 6.29 Å². The zero-order valence-corrected chi connectivity index (χ0v) is 12.0. The van der Waals surface area contributed by atoms with Crippen molar-refractivity contribution in [2.75, 3.05) is 12.3 Å². The van der Waals surface area contributed by atoms with Crippen LogP contribution in [0.15, 0.2) is 24.3 Å². The van der Waals surface area contributed by atoms with Crippen LogP contribution in [0.1, 0.15) is 6.92 Å². The van der Waals surface area contributed by atoms with Gasteiger partial charge in [-0.15, -0.1) is 0 Å². The molecule has 1 fully saturated rings. The van der Waals surface area contributed by atoms with Crippen LogP contribution < -0.4 is 10.5 Å². The molecule has 1 aromatic carbocycles. The molecule has 0 aromatic heterocycles. The summed E-state index contributed by atoms with van der Waals surface area (Å²) in [5.74, 6) is -0.180. The topological polar surface area (TPSA) is 131 Å². The van der Waals surface area contributed by atoms with E-state index in [1.165, 1.54) is 6.92 Å². The lowest BCUT2D eigenvalue weighted by Crippen LogP contribution is -2.60. The molecule has 0 unspecified atom stereocenters. The summed E-state index contributed by atoms with van der Waals surface area (Å²) >= 11 is 0. The van der Waals surface area contributed by atoms with Crippen LogP contribution in [0.5, 0.6) is 5.75 Å². The first-order chi connectivity index (χ1) is 10.4. The van der Waals surface area contributed by atoms with Crippen molar-refractivity contribution in [3.63, 3.8) is 0 Å². The first kappa shape index (κ1) is 16.5. The standard InChI is InChI=1S/C14H19NO7/c1-7(16)20-6-10-11(17)12(18)13(19)14(22-10)21-9-4-2-8(15)3-5-9/h2-5,10-14,17-19H,6,15H2,1H3/t10-,11+,12+,13-,14+/m1/s1. The summed E-state index contributed by atoms with van der Waals surface area (Å²) in [6.07, 6.45) is -6.58. The van der Waals surface area contributed by atoms with Crippen LogP contribution in [-0.2, 0) is 14.3 Å². The molecule has 2 rings (SSSR count). The maximum atomic E-state index is 10.8. The Morgan fingerprint density at radius 1 is 1.18 bits per heavy atom. The molecule has 22 heavy (non-hydrogen) atoms. The largest absolute Gasteiger partial charge is 0.463 e. The number of nitrogens with two attached hydrogens (primary N) is 1. The number of aliphatic hydroxyl groups excluding tert-OH is 3. The Kier molecular flexibility index (Phi) is 5.19. The number of hydrogen-bond donors (Lipinski definition) is 4. The normalized spacial score (nSPS) is 31.5. The molecular formula is C14H19NO7. The monoisotopic (exact) mass is 313 g/mol. The molecule has 5 N–H and O–H groups in total. The minimum absolute atomic E-state index is 0.262. The molecule has 0 amide bonds. The van der Waals surface area contributed by atoms with Crippen molar-refractivity contribution in [2.24, 2.45) is 0 Å². The third-order valence-electron chi connectivity index (χ3n) is 3.25. The van der Waals surface area contributed by atoms with E-state index in [0.29, 0.717) is 11.4 Å². The molecule has 1 aliphatic heterocycles. The van der Waals surface area contributed by atoms with Gasteiger partial charge in [-0.1, -0.05) is 0 Å². The van der Waals surface area contributed by atoms with Gasteiger partial charge in [-0.25, -0.2) is 0 Å². The zero-order valence-electron chi connectivity index (χ0n) is 12.0. The van der Waals surface area contributed by atoms with E-state index in [2.05, 4.69) is 0 Å². The molecule has 1 aliphatic rings. The van der Waals surface area contributed by atoms with E-state index in [4.69, 9.17) is 19.9 Å². The maximum Gasteiger partial charge on any atom is 0.302 e. The average Bonchev–Trinajstić information content (AvgIpc) is 2.48. The van der Waals surface area contributed by atoms with Gasteiger partial charge in [0.05, 0.1) is 0 Å². The predicted molar refractivity (Wildman–Crippen MR) is 74.8 cm³/mol. The smallest absolute Gasteiger partial charge is 0.302 e. The summed E-state index contributed by atoms with van der Waals surface area (Å²) < 4.78 is 15.6. The number of hydrogen-bond acceptors (Lipinski definition) is 8. The fraction of sp³-hybridized carbons (Fsp3) is 0.500. The van der Waals surface area contributed by atoms with E-state index < -0.39 is 36.7 Å². The Hall–Kier alpha value is -1.87. The highest BCUT2D eigenvalue weighted by atomic mass is 16.7. The van der Waals surface area contributed by atoms with Crippen molar-refractivity contribution >= 4 is 11.7 Å². The highest BCUT2D eigenvalue weighted by molar-refractivity contribution is 5.65. The fourth-order valence-electron chi connectivity index (χ4n) is 2.03. The second-order valence-corrected chi connectivity index (χ2v) is 5.00. The summed E-state index contributed by atoms with van der Waals surface area (Å²) in [6.45, 7) is 0.949. The quantitative estimate of drug-likeness (QED) is 0.412. The van der Waals surface area contributed by atoms with E-state index in [1.807, 2.05) is 0 Å². The molecule has 1 aromatic rings. The molecule has 8 heteroatoms. The fourth-order valence-corrected chi connectivity index (χ4v) is 2.03. The molecule has 0 bridgehead atoms. The second-order valence-electron chi connectivity index (χ2n) is 5.00. The van der Waals surface area contributed by atoms with Crippen molar-refractivity contribution < 1.29 is 34.3 Å². The van der Waals surface area contributed by atoms with Crippen LogP contribution in [0, 0.1) is 0 Å². The lowest BCUT2D eigenvalue weighted by molar-refractivity contribution is -0.278. The Labute approximate surface area is 127 Å². The van der Waals surface area contributed by atoms with Crippen molar-refractivity contribution in [3.8, 4) is 5.75 Å². The highest BCUT2D eigenvalue weighted by Crippen LogP contribution is 2.25. The number of carbonyl (C=O) groups excluding carboxylic acids is 1. The zero-order chi connectivity index (χ0) is 16.3. The number of esters is 1. The van der Waals surface area contributed by atoms with Crippen molar-refractivity contribution in [1.29, 1.82) is 0 Å². The van der Waals surface area contributed by atoms with Crippen LogP contribution in [0.25, 0.3) is 0 Å². The van der Waals surface area contributed by atoms with E-state index in [0.717, 1.165) is 0 Å². The van der Waals surface area contributed by atoms with Gasteiger partial charge < -0.3 is 35.3 Å². The molecule has 122 valence electrons. The Bertz CT molecular complexity index is 506. The summed E-state index contributed by atoms with van der Waals surface area (Å²) in [6, 6.07) is 6.35. The van der Waals surface area contributed by atoms with Gasteiger partial charge in [-0.05, 0) is 24.3 Å². The summed E-state index contributed by atoms with van der Waals surface area (Å²) in [7, 11) is 0. The molecule has 1 saturated heterocycles. The van der Waals surface area contributed by atoms with E-state index in [-0.39, 0.29) is 6.61 Å². The summed E-state index contributed by atoms with van der Waals surface area (Å²) in [4.78, 5) is 10.8. The van der Waals surface area contributed by atoms with Gasteiger partial charge in [-0.3, -0.25) is 4.79 Å². The van der Waals surface area contributed by atoms with Crippen LogP contribution in [0.2, 0.25) is 0 Å². The number of ether oxygens (including phenoxy) is 3. The first-order valence-corrected chi connectivity index (χ1v) is 6.73. The molecule has 5 atom stereocenters. The first-order valence-electron chi connectivity index (χ1n) is 6.73. The van der Waals surface area contributed by atoms with Crippen molar-refractivity contribution in [3.05, 3.63) is 24.3 Å². The third kappa shape index (κ3) is 3.86. The van der Waals surface area contributed by atoms with E-state index in [9.17, 15) is 20.1 Å². The Morgan fingerprint density at radius 3 is 2.41 bits per heavy atom. The molecule has 1 heterocycles. The van der Waals surface area contributed by atoms with Gasteiger partial charge in [0.15, 0.2) is 0 Å². The van der Waals surface area contributed by atoms with Crippen LogP contribution in [0.4, 0.5) is 5.69 Å². The van der Waals surface area contributed by atoms with Crippen LogP contribution >= 0.6 is 0 Å². The van der Waals surface area contributed by atoms with Gasteiger partial charge in [0.1, 0.15) is 36.8 Å². The van der Waals surface area contributed by atoms with E-state index in [1.54, 1.807) is 24.3 Å². The maximum absolute atomic E-state index is 10.8. The summed E-state index contributed by atoms with van der Waals surface area (Å²) in [5.41, 5.74) is 6.10. The predicted octanol–water partition coefficient (Wildman–Crippen LogP) is -0.982. The average molecular weight is 313 g/mol. The lowest BCUT2D eigenvalue weighted by Gasteiger charge is -2.39. The molecule has 0 spiro atoms. The number of nitrogen functional groups attached to an aromatic ring is 1. The third-order valence-corrected chi connectivity index (χ3v) is 3.25. The van der Waals surface area contributed by atoms with Gasteiger partial charge in [0.25, 0.3) is 0 Å². The number of rotatable bonds is 4. The van der Waals surface area contributed by atoms with Gasteiger partial charge in [-0.2, -0.15) is 0 Å². The minimum atomic E-state index is -1.49. The number of benzene rings is 1. The SMILES string of the molecule is CC(=O)OC[C@H]1O[C@H](Oc2ccc(N)cc2)[C@H](O)[C@@H](O)[C@H]1O. The molecule has 0 radical (unpaired) electrons. The van der Waals surface area contributed by atoms with Crippen LogP contribution in [0.3, 0.4) is 0 Å². The van der Waals surface area contributed by atoms with Gasteiger partial charge in [0, 0.05) is 12.6 Å². The van der Waals surface area contributed by atoms with Crippen LogP contribution in [-0.4, -0.2) is 58.6 Å². The van der Waals surface area contributed by atoms with Gasteiger partial charge >= 0.3 is 5.97 Å². The molecule has 8 nitrogen and oxygen atoms in total. The molecule has 0 aliphatic carbocycles. The van der Waals surface area contributed by atoms with Crippen molar-refractivity contribution in [2.45, 2.75) is 37.6 Å². The Balaban J connectivity index is 2.05. The lowest BCUT2D eigenvalue weighted by atomic mass is 9.99. The number of aliphatic hydroxyl groups is 3. The second kappa shape index (κ2) is 6.93. The van der Waals surface area contributed by atoms with E-state index >= 15 is 0 Å². The van der Waals surface area contributed by atoms with Crippen molar-refractivity contribution in [1.82, 2.24) is 0 Å². The number of anilines is 1. The molecular weight excluding hydrogens is 294 g/mol. The highest BCUT2D eigenvalue weighted by Gasteiger charge is 2.45. The Morgan fingerprint density at radius 2 is 1.82 bits per heavy atom.